The second kappa shape index (κ2) is 38.3. The van der Waals surface area contributed by atoms with E-state index in [4.69, 9.17) is 14.9 Å². The van der Waals surface area contributed by atoms with Crippen molar-refractivity contribution in [1.29, 1.82) is 0 Å². The van der Waals surface area contributed by atoms with Crippen LogP contribution in [0, 0.1) is 0 Å². The van der Waals surface area contributed by atoms with Crippen LogP contribution in [-0.4, -0.2) is 59.3 Å². The van der Waals surface area contributed by atoms with Gasteiger partial charge in [0.25, 0.3) is 0 Å². The molecule has 2 atom stereocenters. The summed E-state index contributed by atoms with van der Waals surface area (Å²) in [5.41, 5.74) is 0. The summed E-state index contributed by atoms with van der Waals surface area (Å²) >= 11 is 0. The van der Waals surface area contributed by atoms with Crippen molar-refractivity contribution in [2.24, 2.45) is 0 Å². The monoisotopic (exact) mass is 743 g/mol. The van der Waals surface area contributed by atoms with Gasteiger partial charge >= 0.3 is 11.9 Å². The molecule has 0 saturated heterocycles. The van der Waals surface area contributed by atoms with Crippen LogP contribution >= 0.6 is 0 Å². The van der Waals surface area contributed by atoms with Crippen LogP contribution in [0.3, 0.4) is 0 Å². The van der Waals surface area contributed by atoms with Gasteiger partial charge in [0.2, 0.25) is 11.8 Å². The van der Waals surface area contributed by atoms with Crippen molar-refractivity contribution >= 4 is 23.8 Å². The summed E-state index contributed by atoms with van der Waals surface area (Å²) in [6, 6.07) is -1.39. The predicted octanol–water partition coefficient (Wildman–Crippen LogP) is 9.76. The lowest BCUT2D eigenvalue weighted by Gasteiger charge is -2.18. The van der Waals surface area contributed by atoms with Gasteiger partial charge in [0.15, 0.2) is 0 Å². The lowest BCUT2D eigenvalue weighted by Crippen LogP contribution is -2.47. The summed E-state index contributed by atoms with van der Waals surface area (Å²) in [6.07, 6.45) is 45.4. The Morgan fingerprint density at radius 3 is 1.58 bits per heavy atom. The fourth-order valence-electron chi connectivity index (χ4n) is 5.63. The maximum absolute atomic E-state index is 12.7. The van der Waals surface area contributed by atoms with E-state index in [1.165, 1.54) is 44.9 Å². The Hall–Kier alpha value is -3.46. The maximum Gasteiger partial charge on any atom is 0.328 e. The minimum atomic E-state index is -1.39. The van der Waals surface area contributed by atoms with Gasteiger partial charge in [-0.15, -0.1) is 0 Å². The van der Waals surface area contributed by atoms with E-state index < -0.39 is 24.5 Å². The van der Waals surface area contributed by atoms with Crippen LogP contribution in [0.4, 0.5) is 0 Å². The highest BCUT2D eigenvalue weighted by molar-refractivity contribution is 5.87. The van der Waals surface area contributed by atoms with Crippen molar-refractivity contribution in [1.82, 2.24) is 10.6 Å². The number of hydrogen-bond acceptors (Lipinski definition) is 6. The molecular weight excluding hydrogens is 668 g/mol. The summed E-state index contributed by atoms with van der Waals surface area (Å²) < 4.78 is 5.97. The molecule has 0 rings (SSSR count). The smallest absolute Gasteiger partial charge is 0.328 e. The zero-order chi connectivity index (χ0) is 39.0. The molecule has 302 valence electrons. The van der Waals surface area contributed by atoms with E-state index in [1.807, 2.05) is 0 Å². The lowest BCUT2D eigenvalue weighted by molar-refractivity contribution is -0.150. The van der Waals surface area contributed by atoms with E-state index in [-0.39, 0.29) is 30.9 Å². The molecule has 0 heterocycles. The highest BCUT2D eigenvalue weighted by atomic mass is 16.5. The van der Waals surface area contributed by atoms with Gasteiger partial charge in [-0.3, -0.25) is 14.4 Å². The normalized spacial score (nSPS) is 13.1. The molecule has 4 N–H and O–H groups in total. The van der Waals surface area contributed by atoms with E-state index >= 15 is 0 Å². The Bertz CT molecular complexity index is 1080. The van der Waals surface area contributed by atoms with Crippen molar-refractivity contribution in [2.45, 2.75) is 180 Å². The molecule has 0 aromatic carbocycles. The third-order valence-corrected chi connectivity index (χ3v) is 8.78. The van der Waals surface area contributed by atoms with Crippen molar-refractivity contribution in [2.75, 3.05) is 13.2 Å². The number of carbonyl (C=O) groups is 4. The number of ether oxygens (including phenoxy) is 1. The molecule has 0 aliphatic rings. The SMILES string of the molecule is CC/C=C\C/C=C\C/C=C\C/C=C\C/C=C\CCCC(=O)OC(CCCCCCCCCC)CCCCCCCC(=O)NCC(=O)NC(CO)C(=O)O. The lowest BCUT2D eigenvalue weighted by atomic mass is 10.0. The molecule has 53 heavy (non-hydrogen) atoms. The number of unbranched alkanes of at least 4 members (excludes halogenated alkanes) is 12. The topological polar surface area (TPSA) is 142 Å². The summed E-state index contributed by atoms with van der Waals surface area (Å²) in [6.45, 7) is 3.33. The molecule has 0 aromatic heterocycles. The van der Waals surface area contributed by atoms with Crippen LogP contribution in [0.5, 0.6) is 0 Å². The molecule has 0 radical (unpaired) electrons. The summed E-state index contributed by atoms with van der Waals surface area (Å²) in [5, 5.41) is 22.5. The maximum atomic E-state index is 12.7. The van der Waals surface area contributed by atoms with E-state index in [0.29, 0.717) is 12.8 Å². The van der Waals surface area contributed by atoms with Crippen LogP contribution in [0.15, 0.2) is 60.8 Å². The third kappa shape index (κ3) is 35.3. The van der Waals surface area contributed by atoms with Crippen LogP contribution < -0.4 is 10.6 Å². The highest BCUT2D eigenvalue weighted by Crippen LogP contribution is 2.18. The quantitative estimate of drug-likeness (QED) is 0.0284. The van der Waals surface area contributed by atoms with Gasteiger partial charge < -0.3 is 25.6 Å². The van der Waals surface area contributed by atoms with Gasteiger partial charge in [-0.1, -0.05) is 139 Å². The minimum absolute atomic E-state index is 0.0419. The number of hydrogen-bond donors (Lipinski definition) is 4. The fourth-order valence-corrected chi connectivity index (χ4v) is 5.63. The number of aliphatic hydroxyl groups excluding tert-OH is 1. The number of rotatable bonds is 36. The first kappa shape index (κ1) is 49.5. The molecule has 9 nitrogen and oxygen atoms in total. The Labute approximate surface area is 321 Å². The first-order valence-corrected chi connectivity index (χ1v) is 20.7. The number of allylic oxidation sites excluding steroid dienone is 10. The molecule has 0 aromatic rings. The molecule has 0 aliphatic carbocycles. The number of aliphatic carboxylic acids is 1. The van der Waals surface area contributed by atoms with Crippen molar-refractivity contribution in [3.63, 3.8) is 0 Å². The molecule has 0 saturated carbocycles. The number of aliphatic hydroxyl groups is 1. The Balaban J connectivity index is 4.33. The second-order valence-corrected chi connectivity index (χ2v) is 13.7. The number of carboxylic acids is 1. The van der Waals surface area contributed by atoms with Gasteiger partial charge in [-0.05, 0) is 77.0 Å². The largest absolute Gasteiger partial charge is 0.480 e. The van der Waals surface area contributed by atoms with Crippen LogP contribution in [-0.2, 0) is 23.9 Å². The first-order chi connectivity index (χ1) is 25.8. The van der Waals surface area contributed by atoms with Gasteiger partial charge in [-0.2, -0.15) is 0 Å². The van der Waals surface area contributed by atoms with Crippen molar-refractivity contribution in [3.05, 3.63) is 60.8 Å². The van der Waals surface area contributed by atoms with Gasteiger partial charge in [0, 0.05) is 12.8 Å². The Kier molecular flexibility index (Phi) is 35.8. The second-order valence-electron chi connectivity index (χ2n) is 13.7. The van der Waals surface area contributed by atoms with Crippen molar-refractivity contribution < 1.29 is 34.1 Å². The molecule has 9 heteroatoms. The predicted molar refractivity (Wildman–Crippen MR) is 217 cm³/mol. The average molecular weight is 743 g/mol. The summed E-state index contributed by atoms with van der Waals surface area (Å²) in [4.78, 5) is 47.4. The summed E-state index contributed by atoms with van der Waals surface area (Å²) in [7, 11) is 0. The Morgan fingerprint density at radius 1 is 0.585 bits per heavy atom. The highest BCUT2D eigenvalue weighted by Gasteiger charge is 2.19. The average Bonchev–Trinajstić information content (AvgIpc) is 3.14. The zero-order valence-corrected chi connectivity index (χ0v) is 33.2. The number of carbonyl (C=O) groups excluding carboxylic acids is 3. The molecular formula is C44H74N2O7. The van der Waals surface area contributed by atoms with E-state index in [1.54, 1.807) is 0 Å². The number of carboxylic acid groups (broad SMARTS) is 1. The zero-order valence-electron chi connectivity index (χ0n) is 33.2. The molecule has 2 unspecified atom stereocenters. The van der Waals surface area contributed by atoms with Gasteiger partial charge in [-0.25, -0.2) is 4.79 Å². The van der Waals surface area contributed by atoms with Crippen molar-refractivity contribution in [3.8, 4) is 0 Å². The molecule has 0 aliphatic heterocycles. The van der Waals surface area contributed by atoms with Gasteiger partial charge in [0.1, 0.15) is 12.1 Å². The number of amides is 2. The van der Waals surface area contributed by atoms with E-state index in [9.17, 15) is 19.2 Å². The first-order valence-electron chi connectivity index (χ1n) is 20.7. The number of nitrogens with one attached hydrogen (secondary N) is 2. The molecule has 0 spiro atoms. The Morgan fingerprint density at radius 2 is 1.08 bits per heavy atom. The minimum Gasteiger partial charge on any atom is -0.480 e. The van der Waals surface area contributed by atoms with Crippen LogP contribution in [0.1, 0.15) is 168 Å². The standard InChI is InChI=1S/C44H74N2O7/c1-3-5-7-9-11-13-14-15-16-17-18-19-20-21-23-28-32-36-43(50)53-39(33-29-25-22-12-10-8-6-4-2)34-30-26-24-27-31-35-41(48)45-37-42(49)46-40(38-47)44(51)52/h5,7,11,13,15-16,18-19,21,23,39-40,47H,3-4,6,8-10,12,14,17,20,22,24-38H2,1-2H3,(H,45,48)(H,46,49)(H,51,52)/b7-5-,13-11-,16-15-,19-18-,23-21-. The third-order valence-electron chi connectivity index (χ3n) is 8.78. The van der Waals surface area contributed by atoms with E-state index in [0.717, 1.165) is 89.9 Å². The molecule has 0 bridgehead atoms. The molecule has 2 amide bonds. The summed E-state index contributed by atoms with van der Waals surface area (Å²) in [5.74, 6) is -2.36. The molecule has 0 fully saturated rings. The fraction of sp³-hybridized carbons (Fsp3) is 0.682. The number of esters is 1. The van der Waals surface area contributed by atoms with Gasteiger partial charge in [0.05, 0.1) is 13.2 Å². The van der Waals surface area contributed by atoms with E-state index in [2.05, 4.69) is 85.2 Å². The van der Waals surface area contributed by atoms with Crippen LogP contribution in [0.25, 0.3) is 0 Å². The van der Waals surface area contributed by atoms with Crippen LogP contribution in [0.2, 0.25) is 0 Å².